The Labute approximate surface area is 133 Å². The Balaban J connectivity index is 2.25. The molecule has 0 fully saturated rings. The third-order valence-electron chi connectivity index (χ3n) is 2.85. The summed E-state index contributed by atoms with van der Waals surface area (Å²) in [5.74, 6) is 0.190. The SMILES string of the molecule is CCCNCc1cccc(F)c1Oc1cc(Cl)cc(Cl)c1. The Morgan fingerprint density at radius 3 is 2.52 bits per heavy atom. The van der Waals surface area contributed by atoms with Gasteiger partial charge in [-0.1, -0.05) is 42.3 Å². The van der Waals surface area contributed by atoms with Crippen molar-refractivity contribution >= 4 is 23.2 Å². The van der Waals surface area contributed by atoms with E-state index in [9.17, 15) is 4.39 Å². The first-order valence-electron chi connectivity index (χ1n) is 6.72. The number of para-hydroxylation sites is 1. The van der Waals surface area contributed by atoms with Gasteiger partial charge in [-0.2, -0.15) is 0 Å². The molecule has 0 aliphatic carbocycles. The zero-order chi connectivity index (χ0) is 15.2. The van der Waals surface area contributed by atoms with Crippen LogP contribution in [-0.2, 0) is 6.54 Å². The standard InChI is InChI=1S/C16H16Cl2FNO/c1-2-6-20-10-11-4-3-5-15(19)16(11)21-14-8-12(17)7-13(18)9-14/h3-5,7-9,20H,2,6,10H2,1H3. The van der Waals surface area contributed by atoms with Crippen LogP contribution in [0.1, 0.15) is 18.9 Å². The Morgan fingerprint density at radius 1 is 1.14 bits per heavy atom. The lowest BCUT2D eigenvalue weighted by molar-refractivity contribution is 0.433. The van der Waals surface area contributed by atoms with Gasteiger partial charge in [0.25, 0.3) is 0 Å². The van der Waals surface area contributed by atoms with E-state index in [0.717, 1.165) is 18.5 Å². The lowest BCUT2D eigenvalue weighted by Gasteiger charge is -2.13. The summed E-state index contributed by atoms with van der Waals surface area (Å²) in [7, 11) is 0. The van der Waals surface area contributed by atoms with E-state index in [-0.39, 0.29) is 5.75 Å². The summed E-state index contributed by atoms with van der Waals surface area (Å²) in [5, 5.41) is 4.12. The molecule has 0 bridgehead atoms. The molecule has 0 radical (unpaired) electrons. The number of nitrogens with one attached hydrogen (secondary N) is 1. The molecule has 2 rings (SSSR count). The van der Waals surface area contributed by atoms with Crippen molar-refractivity contribution in [3.05, 3.63) is 57.8 Å². The molecule has 0 atom stereocenters. The fourth-order valence-corrected chi connectivity index (χ4v) is 2.42. The number of ether oxygens (including phenoxy) is 1. The molecule has 0 amide bonds. The van der Waals surface area contributed by atoms with Crippen molar-refractivity contribution in [2.75, 3.05) is 6.54 Å². The van der Waals surface area contributed by atoms with E-state index in [2.05, 4.69) is 12.2 Å². The van der Waals surface area contributed by atoms with E-state index in [1.54, 1.807) is 24.3 Å². The Kier molecular flexibility index (Phi) is 5.85. The molecule has 5 heteroatoms. The zero-order valence-corrected chi connectivity index (χ0v) is 13.1. The van der Waals surface area contributed by atoms with Gasteiger partial charge in [-0.15, -0.1) is 0 Å². The van der Waals surface area contributed by atoms with E-state index in [1.807, 2.05) is 6.07 Å². The molecule has 0 spiro atoms. The van der Waals surface area contributed by atoms with Crippen molar-refractivity contribution in [1.82, 2.24) is 5.32 Å². The number of halogens is 3. The van der Waals surface area contributed by atoms with Gasteiger partial charge in [0.15, 0.2) is 11.6 Å². The molecule has 0 aliphatic rings. The maximum Gasteiger partial charge on any atom is 0.167 e. The van der Waals surface area contributed by atoms with E-state index in [0.29, 0.717) is 22.3 Å². The van der Waals surface area contributed by atoms with Gasteiger partial charge in [0.1, 0.15) is 5.75 Å². The second kappa shape index (κ2) is 7.64. The summed E-state index contributed by atoms with van der Waals surface area (Å²) < 4.78 is 19.7. The highest BCUT2D eigenvalue weighted by Crippen LogP contribution is 2.32. The van der Waals surface area contributed by atoms with Crippen LogP contribution in [-0.4, -0.2) is 6.54 Å². The highest BCUT2D eigenvalue weighted by molar-refractivity contribution is 6.34. The largest absolute Gasteiger partial charge is 0.454 e. The molecule has 21 heavy (non-hydrogen) atoms. The van der Waals surface area contributed by atoms with Crippen LogP contribution in [0.25, 0.3) is 0 Å². The average Bonchev–Trinajstić information content (AvgIpc) is 2.41. The van der Waals surface area contributed by atoms with E-state index < -0.39 is 5.82 Å². The van der Waals surface area contributed by atoms with Crippen LogP contribution in [0.3, 0.4) is 0 Å². The maximum absolute atomic E-state index is 14.0. The van der Waals surface area contributed by atoms with E-state index in [4.69, 9.17) is 27.9 Å². The first-order chi connectivity index (χ1) is 10.1. The lowest BCUT2D eigenvalue weighted by Crippen LogP contribution is -2.14. The maximum atomic E-state index is 14.0. The highest BCUT2D eigenvalue weighted by atomic mass is 35.5. The summed E-state index contributed by atoms with van der Waals surface area (Å²) >= 11 is 11.9. The molecule has 2 aromatic carbocycles. The molecular weight excluding hydrogens is 312 g/mol. The monoisotopic (exact) mass is 327 g/mol. The molecule has 0 saturated carbocycles. The van der Waals surface area contributed by atoms with Crippen molar-refractivity contribution in [2.24, 2.45) is 0 Å². The second-order valence-electron chi connectivity index (χ2n) is 4.61. The third-order valence-corrected chi connectivity index (χ3v) is 3.28. The third kappa shape index (κ3) is 4.60. The minimum absolute atomic E-state index is 0.194. The van der Waals surface area contributed by atoms with Gasteiger partial charge >= 0.3 is 0 Å². The van der Waals surface area contributed by atoms with Crippen LogP contribution >= 0.6 is 23.2 Å². The second-order valence-corrected chi connectivity index (χ2v) is 5.48. The molecule has 0 heterocycles. The summed E-state index contributed by atoms with van der Waals surface area (Å²) in [4.78, 5) is 0. The molecule has 0 saturated heterocycles. The summed E-state index contributed by atoms with van der Waals surface area (Å²) in [5.41, 5.74) is 0.750. The minimum atomic E-state index is -0.415. The predicted molar refractivity (Wildman–Crippen MR) is 84.9 cm³/mol. The van der Waals surface area contributed by atoms with Crippen molar-refractivity contribution in [1.29, 1.82) is 0 Å². The summed E-state index contributed by atoms with van der Waals surface area (Å²) in [6, 6.07) is 9.65. The van der Waals surface area contributed by atoms with Gasteiger partial charge in [0.2, 0.25) is 0 Å². The van der Waals surface area contributed by atoms with Crippen LogP contribution in [0.15, 0.2) is 36.4 Å². The molecule has 2 aromatic rings. The lowest BCUT2D eigenvalue weighted by atomic mass is 10.2. The van der Waals surface area contributed by atoms with Crippen LogP contribution < -0.4 is 10.1 Å². The molecular formula is C16H16Cl2FNO. The zero-order valence-electron chi connectivity index (χ0n) is 11.6. The number of benzene rings is 2. The predicted octanol–water partition coefficient (Wildman–Crippen LogP) is 5.42. The van der Waals surface area contributed by atoms with Crippen LogP contribution in [0.5, 0.6) is 11.5 Å². The van der Waals surface area contributed by atoms with Gasteiger partial charge in [-0.3, -0.25) is 0 Å². The number of hydrogen-bond acceptors (Lipinski definition) is 2. The number of hydrogen-bond donors (Lipinski definition) is 1. The van der Waals surface area contributed by atoms with Crippen molar-refractivity contribution in [3.8, 4) is 11.5 Å². The van der Waals surface area contributed by atoms with Crippen molar-refractivity contribution in [2.45, 2.75) is 19.9 Å². The molecule has 1 N–H and O–H groups in total. The Hall–Kier alpha value is -1.29. The minimum Gasteiger partial charge on any atom is -0.454 e. The van der Waals surface area contributed by atoms with Gasteiger partial charge < -0.3 is 10.1 Å². The topological polar surface area (TPSA) is 21.3 Å². The first kappa shape index (κ1) is 16.1. The van der Waals surface area contributed by atoms with Gasteiger partial charge in [-0.05, 0) is 37.2 Å². The van der Waals surface area contributed by atoms with E-state index >= 15 is 0 Å². The molecule has 0 unspecified atom stereocenters. The van der Waals surface area contributed by atoms with Gasteiger partial charge in [0, 0.05) is 22.2 Å². The van der Waals surface area contributed by atoms with Crippen LogP contribution in [0, 0.1) is 5.82 Å². The molecule has 0 aromatic heterocycles. The summed E-state index contributed by atoms with van der Waals surface area (Å²) in [6.07, 6.45) is 1.01. The first-order valence-corrected chi connectivity index (χ1v) is 7.47. The molecule has 112 valence electrons. The quantitative estimate of drug-likeness (QED) is 0.715. The van der Waals surface area contributed by atoms with Crippen LogP contribution in [0.4, 0.5) is 4.39 Å². The molecule has 0 aliphatic heterocycles. The summed E-state index contributed by atoms with van der Waals surface area (Å²) in [6.45, 7) is 3.47. The van der Waals surface area contributed by atoms with Gasteiger partial charge in [-0.25, -0.2) is 4.39 Å². The fraction of sp³-hybridized carbons (Fsp3) is 0.250. The van der Waals surface area contributed by atoms with Crippen LogP contribution in [0.2, 0.25) is 10.0 Å². The fourth-order valence-electron chi connectivity index (χ4n) is 1.91. The highest BCUT2D eigenvalue weighted by Gasteiger charge is 2.11. The average molecular weight is 328 g/mol. The van der Waals surface area contributed by atoms with Crippen molar-refractivity contribution < 1.29 is 9.13 Å². The normalized spacial score (nSPS) is 10.7. The molecule has 2 nitrogen and oxygen atoms in total. The smallest absolute Gasteiger partial charge is 0.167 e. The van der Waals surface area contributed by atoms with E-state index in [1.165, 1.54) is 6.07 Å². The van der Waals surface area contributed by atoms with Gasteiger partial charge in [0.05, 0.1) is 0 Å². The number of rotatable bonds is 6. The van der Waals surface area contributed by atoms with Crippen molar-refractivity contribution in [3.63, 3.8) is 0 Å². The Morgan fingerprint density at radius 2 is 1.86 bits per heavy atom. The Bertz CT molecular complexity index is 599.